The first-order chi connectivity index (χ1) is 16.4. The monoisotopic (exact) mass is 475 g/mol. The summed E-state index contributed by atoms with van der Waals surface area (Å²) in [4.78, 5) is 31.0. The second-order valence-corrected chi connectivity index (χ2v) is 9.19. The molecule has 0 N–H and O–H groups in total. The van der Waals surface area contributed by atoms with Crippen molar-refractivity contribution in [2.24, 2.45) is 0 Å². The van der Waals surface area contributed by atoms with Gasteiger partial charge in [0.25, 0.3) is 5.56 Å². The van der Waals surface area contributed by atoms with E-state index in [1.54, 1.807) is 17.7 Å². The molecular formula is C27H29N3O3S. The van der Waals surface area contributed by atoms with Crippen molar-refractivity contribution in [1.29, 1.82) is 0 Å². The van der Waals surface area contributed by atoms with Crippen LogP contribution in [0.1, 0.15) is 41.5 Å². The van der Waals surface area contributed by atoms with Gasteiger partial charge in [-0.1, -0.05) is 37.2 Å². The lowest BCUT2D eigenvalue weighted by molar-refractivity contribution is 0.102. The molecule has 0 spiro atoms. The zero-order chi connectivity index (χ0) is 24.2. The number of carbonyl (C=O) groups excluding carboxylic acids is 1. The van der Waals surface area contributed by atoms with Gasteiger partial charge in [-0.25, -0.2) is 4.98 Å². The molecule has 0 aliphatic heterocycles. The number of para-hydroxylation sites is 1. The molecule has 4 aromatic rings. The molecular weight excluding hydrogens is 446 g/mol. The van der Waals surface area contributed by atoms with E-state index in [1.165, 1.54) is 11.8 Å². The van der Waals surface area contributed by atoms with E-state index in [4.69, 9.17) is 9.72 Å². The van der Waals surface area contributed by atoms with Gasteiger partial charge in [-0.05, 0) is 62.7 Å². The summed E-state index contributed by atoms with van der Waals surface area (Å²) in [7, 11) is 1.64. The maximum absolute atomic E-state index is 13.2. The minimum atomic E-state index is -0.0494. The summed E-state index contributed by atoms with van der Waals surface area (Å²) in [6, 6.07) is 17.1. The maximum Gasteiger partial charge on any atom is 0.262 e. The average Bonchev–Trinajstić information content (AvgIpc) is 3.16. The zero-order valence-corrected chi connectivity index (χ0v) is 20.8. The number of aryl methyl sites for hydroxylation is 1. The molecule has 0 saturated heterocycles. The number of ketones is 1. The number of hydrogen-bond acceptors (Lipinski definition) is 5. The van der Waals surface area contributed by atoms with Crippen LogP contribution in [-0.2, 0) is 6.54 Å². The standard InChI is InChI=1S/C27H29N3O3S/c1-5-6-15-29-26(32)22-9-7-8-10-24(22)28-27(29)34-17-25(31)23-16-18(2)30(19(23)3)20-11-13-21(33-4)14-12-20/h7-14,16H,5-6,15,17H2,1-4H3. The number of fused-ring (bicyclic) bond motifs is 1. The summed E-state index contributed by atoms with van der Waals surface area (Å²) in [6.07, 6.45) is 1.85. The van der Waals surface area contributed by atoms with E-state index >= 15 is 0 Å². The van der Waals surface area contributed by atoms with Gasteiger partial charge >= 0.3 is 0 Å². The average molecular weight is 476 g/mol. The molecule has 0 radical (unpaired) electrons. The molecule has 0 amide bonds. The first-order valence-corrected chi connectivity index (χ1v) is 12.4. The van der Waals surface area contributed by atoms with Crippen LogP contribution in [0.5, 0.6) is 5.75 Å². The molecule has 0 aliphatic rings. The number of hydrogen-bond donors (Lipinski definition) is 0. The number of methoxy groups -OCH3 is 1. The lowest BCUT2D eigenvalue weighted by atomic mass is 10.2. The molecule has 34 heavy (non-hydrogen) atoms. The largest absolute Gasteiger partial charge is 0.497 e. The van der Waals surface area contributed by atoms with Gasteiger partial charge < -0.3 is 9.30 Å². The highest BCUT2D eigenvalue weighted by Crippen LogP contribution is 2.25. The first kappa shape index (κ1) is 23.8. The van der Waals surface area contributed by atoms with Crippen LogP contribution in [0.15, 0.2) is 64.5 Å². The summed E-state index contributed by atoms with van der Waals surface area (Å²) in [5.41, 5.74) is 4.15. The Labute approximate surface area is 203 Å². The Bertz CT molecular complexity index is 1390. The second-order valence-electron chi connectivity index (χ2n) is 8.25. The molecule has 2 aromatic heterocycles. The minimum Gasteiger partial charge on any atom is -0.497 e. The Morgan fingerprint density at radius 2 is 1.82 bits per heavy atom. The predicted molar refractivity (Wildman–Crippen MR) is 138 cm³/mol. The summed E-state index contributed by atoms with van der Waals surface area (Å²) in [6.45, 7) is 6.64. The van der Waals surface area contributed by atoms with Crippen LogP contribution < -0.4 is 10.3 Å². The smallest absolute Gasteiger partial charge is 0.262 e. The topological polar surface area (TPSA) is 66.1 Å². The van der Waals surface area contributed by atoms with Crippen LogP contribution in [0.25, 0.3) is 16.6 Å². The molecule has 2 aromatic carbocycles. The van der Waals surface area contributed by atoms with Gasteiger partial charge in [0, 0.05) is 29.2 Å². The van der Waals surface area contributed by atoms with Crippen molar-refractivity contribution < 1.29 is 9.53 Å². The number of thioether (sulfide) groups is 1. The molecule has 0 atom stereocenters. The minimum absolute atomic E-state index is 0.0160. The Morgan fingerprint density at radius 3 is 2.53 bits per heavy atom. The van der Waals surface area contributed by atoms with Crippen molar-refractivity contribution >= 4 is 28.4 Å². The van der Waals surface area contributed by atoms with E-state index in [-0.39, 0.29) is 17.1 Å². The van der Waals surface area contributed by atoms with E-state index < -0.39 is 0 Å². The van der Waals surface area contributed by atoms with E-state index in [1.807, 2.05) is 62.4 Å². The molecule has 0 fully saturated rings. The van der Waals surface area contributed by atoms with Gasteiger partial charge in [-0.15, -0.1) is 0 Å². The number of nitrogens with zero attached hydrogens (tertiary/aromatic N) is 3. The molecule has 2 heterocycles. The van der Waals surface area contributed by atoms with Crippen molar-refractivity contribution in [3.05, 3.63) is 81.9 Å². The molecule has 7 heteroatoms. The van der Waals surface area contributed by atoms with Crippen molar-refractivity contribution in [3.8, 4) is 11.4 Å². The Morgan fingerprint density at radius 1 is 1.09 bits per heavy atom. The van der Waals surface area contributed by atoms with Gasteiger partial charge in [-0.3, -0.25) is 14.2 Å². The second kappa shape index (κ2) is 10.3. The maximum atomic E-state index is 13.2. The number of aromatic nitrogens is 3. The number of benzene rings is 2. The quantitative estimate of drug-likeness (QED) is 0.179. The molecule has 0 saturated carbocycles. The molecule has 4 rings (SSSR count). The summed E-state index contributed by atoms with van der Waals surface area (Å²) in [5, 5.41) is 1.20. The van der Waals surface area contributed by atoms with Gasteiger partial charge in [0.05, 0.1) is 23.8 Å². The molecule has 0 unspecified atom stereocenters. The number of unbranched alkanes of at least 4 members (excludes halogenated alkanes) is 1. The fourth-order valence-corrected chi connectivity index (χ4v) is 5.06. The highest BCUT2D eigenvalue weighted by molar-refractivity contribution is 7.99. The highest BCUT2D eigenvalue weighted by Gasteiger charge is 2.19. The molecule has 0 bridgehead atoms. The van der Waals surface area contributed by atoms with E-state index in [9.17, 15) is 9.59 Å². The first-order valence-electron chi connectivity index (χ1n) is 11.4. The van der Waals surface area contributed by atoms with Crippen LogP contribution in [0.2, 0.25) is 0 Å². The fourth-order valence-electron chi connectivity index (χ4n) is 4.15. The Hall–Kier alpha value is -3.32. The third-order valence-corrected chi connectivity index (χ3v) is 6.93. The lowest BCUT2D eigenvalue weighted by Gasteiger charge is -2.13. The van der Waals surface area contributed by atoms with Crippen molar-refractivity contribution in [3.63, 3.8) is 0 Å². The van der Waals surface area contributed by atoms with Crippen LogP contribution in [0, 0.1) is 13.8 Å². The molecule has 176 valence electrons. The van der Waals surface area contributed by atoms with Gasteiger partial charge in [0.2, 0.25) is 0 Å². The van der Waals surface area contributed by atoms with Crippen molar-refractivity contribution in [2.45, 2.75) is 45.3 Å². The van der Waals surface area contributed by atoms with E-state index in [0.29, 0.717) is 28.2 Å². The zero-order valence-electron chi connectivity index (χ0n) is 20.0. The molecule has 0 aliphatic carbocycles. The SMILES string of the molecule is CCCCn1c(SCC(=O)c2cc(C)n(-c3ccc(OC)cc3)c2C)nc2ccccc2c1=O. The third-order valence-electron chi connectivity index (χ3n) is 5.96. The van der Waals surface area contributed by atoms with Crippen LogP contribution in [0.3, 0.4) is 0 Å². The number of Topliss-reactive ketones (excluding diaryl/α,β-unsaturated/α-hetero) is 1. The lowest BCUT2D eigenvalue weighted by Crippen LogP contribution is -2.24. The van der Waals surface area contributed by atoms with Gasteiger partial charge in [0.15, 0.2) is 10.9 Å². The van der Waals surface area contributed by atoms with Crippen molar-refractivity contribution in [2.75, 3.05) is 12.9 Å². The van der Waals surface area contributed by atoms with Gasteiger partial charge in [0.1, 0.15) is 5.75 Å². The summed E-state index contributed by atoms with van der Waals surface area (Å²) in [5.74, 6) is 1.02. The molecule has 6 nitrogen and oxygen atoms in total. The Kier molecular flexibility index (Phi) is 7.22. The predicted octanol–water partition coefficient (Wildman–Crippen LogP) is 5.59. The van der Waals surface area contributed by atoms with Crippen LogP contribution >= 0.6 is 11.8 Å². The number of ether oxygens (including phenoxy) is 1. The highest BCUT2D eigenvalue weighted by atomic mass is 32.2. The normalized spacial score (nSPS) is 11.2. The fraction of sp³-hybridized carbons (Fsp3) is 0.296. The van der Waals surface area contributed by atoms with Crippen LogP contribution in [-0.4, -0.2) is 32.8 Å². The summed E-state index contributed by atoms with van der Waals surface area (Å²) < 4.78 is 9.04. The van der Waals surface area contributed by atoms with Gasteiger partial charge in [-0.2, -0.15) is 0 Å². The number of rotatable bonds is 9. The summed E-state index contributed by atoms with van der Waals surface area (Å²) >= 11 is 1.33. The number of carbonyl (C=O) groups is 1. The van der Waals surface area contributed by atoms with E-state index in [0.717, 1.165) is 35.7 Å². The van der Waals surface area contributed by atoms with Crippen molar-refractivity contribution in [1.82, 2.24) is 14.1 Å². The van der Waals surface area contributed by atoms with E-state index in [2.05, 4.69) is 11.5 Å². The van der Waals surface area contributed by atoms with Crippen LogP contribution in [0.4, 0.5) is 0 Å². The Balaban J connectivity index is 1.61. The third kappa shape index (κ3) is 4.66.